The topological polar surface area (TPSA) is 61.9 Å². The predicted molar refractivity (Wildman–Crippen MR) is 126 cm³/mol. The molecule has 172 valence electrons. The lowest BCUT2D eigenvalue weighted by Gasteiger charge is -2.33. The maximum Gasteiger partial charge on any atom is 0.243 e. The number of ether oxygens (including phenoxy) is 1. The van der Waals surface area contributed by atoms with Crippen LogP contribution in [0.5, 0.6) is 0 Å². The molecule has 0 unspecified atom stereocenters. The van der Waals surface area contributed by atoms with Gasteiger partial charge in [-0.2, -0.15) is 0 Å². The van der Waals surface area contributed by atoms with Gasteiger partial charge in [0, 0.05) is 45.1 Å². The molecule has 1 fully saturated rings. The fraction of sp³-hybridized carbons (Fsp3) is 0.462. The Labute approximate surface area is 191 Å². The van der Waals surface area contributed by atoms with Gasteiger partial charge in [-0.25, -0.2) is 0 Å². The molecule has 0 radical (unpaired) electrons. The molecule has 6 nitrogen and oxygen atoms in total. The van der Waals surface area contributed by atoms with E-state index in [1.807, 2.05) is 74.5 Å². The van der Waals surface area contributed by atoms with Gasteiger partial charge in [-0.05, 0) is 11.1 Å². The van der Waals surface area contributed by atoms with E-state index in [2.05, 4.69) is 10.2 Å². The monoisotopic (exact) mass is 437 g/mol. The van der Waals surface area contributed by atoms with Gasteiger partial charge in [0.05, 0.1) is 13.2 Å². The Kier molecular flexibility index (Phi) is 9.26. The summed E-state index contributed by atoms with van der Waals surface area (Å²) in [4.78, 5) is 30.7. The van der Waals surface area contributed by atoms with Crippen molar-refractivity contribution in [3.63, 3.8) is 0 Å². The lowest BCUT2D eigenvalue weighted by molar-refractivity contribution is -0.143. The van der Waals surface area contributed by atoms with E-state index in [1.54, 1.807) is 4.90 Å². The number of hydrogen-bond acceptors (Lipinski definition) is 4. The van der Waals surface area contributed by atoms with Crippen LogP contribution >= 0.6 is 0 Å². The summed E-state index contributed by atoms with van der Waals surface area (Å²) in [5.74, 6) is -0.316. The number of morpholine rings is 1. The zero-order chi connectivity index (χ0) is 22.8. The second-order valence-electron chi connectivity index (χ2n) is 8.56. The van der Waals surface area contributed by atoms with Crippen molar-refractivity contribution in [1.29, 1.82) is 0 Å². The van der Waals surface area contributed by atoms with E-state index in [-0.39, 0.29) is 17.7 Å². The van der Waals surface area contributed by atoms with Crippen LogP contribution in [0.15, 0.2) is 60.7 Å². The molecule has 32 heavy (non-hydrogen) atoms. The van der Waals surface area contributed by atoms with Crippen molar-refractivity contribution in [2.45, 2.75) is 32.9 Å². The summed E-state index contributed by atoms with van der Waals surface area (Å²) in [6.45, 7) is 8.75. The molecule has 1 atom stereocenters. The Balaban J connectivity index is 1.77. The van der Waals surface area contributed by atoms with Gasteiger partial charge >= 0.3 is 0 Å². The summed E-state index contributed by atoms with van der Waals surface area (Å²) in [6, 6.07) is 19.2. The van der Waals surface area contributed by atoms with E-state index in [0.717, 1.165) is 44.0 Å². The van der Waals surface area contributed by atoms with Gasteiger partial charge in [0.2, 0.25) is 11.8 Å². The minimum absolute atomic E-state index is 0.0156. The number of nitrogens with zero attached hydrogens (tertiary/aromatic N) is 2. The van der Waals surface area contributed by atoms with Gasteiger partial charge in [0.1, 0.15) is 6.04 Å². The normalized spacial score (nSPS) is 15.3. The Bertz CT molecular complexity index is 836. The van der Waals surface area contributed by atoms with Crippen LogP contribution < -0.4 is 5.32 Å². The highest BCUT2D eigenvalue weighted by molar-refractivity contribution is 5.88. The number of carbonyl (C=O) groups excluding carboxylic acids is 2. The lowest BCUT2D eigenvalue weighted by Crippen LogP contribution is -2.52. The molecule has 1 aliphatic rings. The van der Waals surface area contributed by atoms with E-state index in [1.165, 1.54) is 0 Å². The van der Waals surface area contributed by atoms with Gasteiger partial charge in [-0.3, -0.25) is 14.5 Å². The molecule has 0 aromatic heterocycles. The fourth-order valence-electron chi connectivity index (χ4n) is 3.92. The molecule has 0 aliphatic carbocycles. The fourth-order valence-corrected chi connectivity index (χ4v) is 3.92. The van der Waals surface area contributed by atoms with Crippen molar-refractivity contribution in [2.75, 3.05) is 39.4 Å². The Morgan fingerprint density at radius 3 is 2.16 bits per heavy atom. The van der Waals surface area contributed by atoms with E-state index in [4.69, 9.17) is 4.74 Å². The molecule has 3 rings (SSSR count). The zero-order valence-electron chi connectivity index (χ0n) is 19.2. The molecular formula is C26H35N3O3. The largest absolute Gasteiger partial charge is 0.379 e. The minimum Gasteiger partial charge on any atom is -0.379 e. The second kappa shape index (κ2) is 12.4. The number of hydrogen-bond donors (Lipinski definition) is 1. The first kappa shape index (κ1) is 24.0. The number of nitrogens with one attached hydrogen (secondary N) is 1. The quantitative estimate of drug-likeness (QED) is 0.621. The molecule has 2 amide bonds. The predicted octanol–water partition coefficient (Wildman–Crippen LogP) is 2.73. The third kappa shape index (κ3) is 7.18. The summed E-state index contributed by atoms with van der Waals surface area (Å²) in [5, 5.41) is 3.10. The number of rotatable bonds is 10. The van der Waals surface area contributed by atoms with Crippen molar-refractivity contribution >= 4 is 11.8 Å². The molecule has 6 heteroatoms. The first-order chi connectivity index (χ1) is 15.5. The van der Waals surface area contributed by atoms with Gasteiger partial charge in [0.15, 0.2) is 0 Å². The molecular weight excluding hydrogens is 402 g/mol. The van der Waals surface area contributed by atoms with Crippen LogP contribution in [0.2, 0.25) is 0 Å². The summed E-state index contributed by atoms with van der Waals surface area (Å²) < 4.78 is 5.40. The maximum atomic E-state index is 13.4. The van der Waals surface area contributed by atoms with Crippen molar-refractivity contribution in [3.05, 3.63) is 71.8 Å². The van der Waals surface area contributed by atoms with E-state index in [9.17, 15) is 9.59 Å². The first-order valence-electron chi connectivity index (χ1n) is 11.5. The molecule has 0 saturated carbocycles. The molecule has 1 aliphatic heterocycles. The molecule has 2 aromatic carbocycles. The van der Waals surface area contributed by atoms with Gasteiger partial charge < -0.3 is 15.0 Å². The highest BCUT2D eigenvalue weighted by Crippen LogP contribution is 2.17. The van der Waals surface area contributed by atoms with Crippen LogP contribution in [-0.2, 0) is 27.3 Å². The van der Waals surface area contributed by atoms with Crippen molar-refractivity contribution in [1.82, 2.24) is 15.1 Å². The number of benzene rings is 2. The Morgan fingerprint density at radius 1 is 0.969 bits per heavy atom. The smallest absolute Gasteiger partial charge is 0.243 e. The van der Waals surface area contributed by atoms with Crippen molar-refractivity contribution < 1.29 is 14.3 Å². The molecule has 1 N–H and O–H groups in total. The van der Waals surface area contributed by atoms with Gasteiger partial charge in [-0.15, -0.1) is 0 Å². The average Bonchev–Trinajstić information content (AvgIpc) is 2.82. The standard InChI is InChI=1S/C26H35N3O3/c1-21(2)26(31)29(20-23-11-7-4-8-12-23)24(19-22-9-5-3-6-10-22)25(30)27-13-14-28-15-17-32-18-16-28/h3-12,21,24H,13-20H2,1-2H3,(H,27,30)/t24-/m1/s1. The summed E-state index contributed by atoms with van der Waals surface area (Å²) in [7, 11) is 0. The molecule has 1 heterocycles. The maximum absolute atomic E-state index is 13.4. The van der Waals surface area contributed by atoms with E-state index in [0.29, 0.717) is 19.5 Å². The van der Waals surface area contributed by atoms with Crippen LogP contribution in [-0.4, -0.2) is 67.0 Å². The molecule has 0 spiro atoms. The highest BCUT2D eigenvalue weighted by atomic mass is 16.5. The SMILES string of the molecule is CC(C)C(=O)N(Cc1ccccc1)[C@H](Cc1ccccc1)C(=O)NCCN1CCOCC1. The Hall–Kier alpha value is -2.70. The number of carbonyl (C=O) groups is 2. The number of amides is 2. The summed E-state index contributed by atoms with van der Waals surface area (Å²) in [6.07, 6.45) is 0.482. The van der Waals surface area contributed by atoms with Crippen LogP contribution in [0.1, 0.15) is 25.0 Å². The Morgan fingerprint density at radius 2 is 1.56 bits per heavy atom. The van der Waals surface area contributed by atoms with Crippen LogP contribution in [0.4, 0.5) is 0 Å². The molecule has 0 bridgehead atoms. The van der Waals surface area contributed by atoms with Crippen LogP contribution in [0, 0.1) is 5.92 Å². The van der Waals surface area contributed by atoms with Crippen molar-refractivity contribution in [2.24, 2.45) is 5.92 Å². The van der Waals surface area contributed by atoms with Crippen LogP contribution in [0.25, 0.3) is 0 Å². The first-order valence-corrected chi connectivity index (χ1v) is 11.5. The molecule has 2 aromatic rings. The summed E-state index contributed by atoms with van der Waals surface area (Å²) in [5.41, 5.74) is 2.05. The zero-order valence-corrected chi connectivity index (χ0v) is 19.2. The molecule has 1 saturated heterocycles. The van der Waals surface area contributed by atoms with Gasteiger partial charge in [-0.1, -0.05) is 74.5 Å². The van der Waals surface area contributed by atoms with E-state index >= 15 is 0 Å². The third-order valence-electron chi connectivity index (χ3n) is 5.75. The van der Waals surface area contributed by atoms with Crippen LogP contribution in [0.3, 0.4) is 0 Å². The summed E-state index contributed by atoms with van der Waals surface area (Å²) >= 11 is 0. The lowest BCUT2D eigenvalue weighted by atomic mass is 10.0. The average molecular weight is 438 g/mol. The minimum atomic E-state index is -0.572. The second-order valence-corrected chi connectivity index (χ2v) is 8.56. The van der Waals surface area contributed by atoms with Crippen molar-refractivity contribution in [3.8, 4) is 0 Å². The van der Waals surface area contributed by atoms with Gasteiger partial charge in [0.25, 0.3) is 0 Å². The third-order valence-corrected chi connectivity index (χ3v) is 5.75. The van der Waals surface area contributed by atoms with E-state index < -0.39 is 6.04 Å². The highest BCUT2D eigenvalue weighted by Gasteiger charge is 2.31.